The first-order chi connectivity index (χ1) is 12.2. The Morgan fingerprint density at radius 3 is 2.84 bits per heavy atom. The number of benzene rings is 1. The SMILES string of the molecule is COc1cccc(Nc2nc(C)cc(NCCN3CCOCC3)n2)c1. The molecule has 2 aromatic rings. The number of morpholine rings is 1. The molecule has 1 fully saturated rings. The number of methoxy groups -OCH3 is 1. The van der Waals surface area contributed by atoms with Crippen LogP contribution in [0.1, 0.15) is 5.69 Å². The number of ether oxygens (including phenoxy) is 2. The largest absolute Gasteiger partial charge is 0.497 e. The molecule has 0 radical (unpaired) electrons. The second-order valence-corrected chi connectivity index (χ2v) is 5.96. The first kappa shape index (κ1) is 17.4. The monoisotopic (exact) mass is 343 g/mol. The Bertz CT molecular complexity index is 689. The number of hydrogen-bond acceptors (Lipinski definition) is 7. The van der Waals surface area contributed by atoms with E-state index < -0.39 is 0 Å². The van der Waals surface area contributed by atoms with Crippen LogP contribution in [-0.4, -0.2) is 61.4 Å². The minimum atomic E-state index is 0.571. The van der Waals surface area contributed by atoms with E-state index in [0.717, 1.165) is 62.3 Å². The number of anilines is 3. The highest BCUT2D eigenvalue weighted by Crippen LogP contribution is 2.20. The molecule has 0 spiro atoms. The lowest BCUT2D eigenvalue weighted by atomic mass is 10.3. The molecule has 2 N–H and O–H groups in total. The highest BCUT2D eigenvalue weighted by Gasteiger charge is 2.10. The molecule has 1 aliphatic heterocycles. The quantitative estimate of drug-likeness (QED) is 0.799. The van der Waals surface area contributed by atoms with Gasteiger partial charge in [-0.05, 0) is 19.1 Å². The Labute approximate surface area is 148 Å². The third-order valence-electron chi connectivity index (χ3n) is 4.02. The van der Waals surface area contributed by atoms with E-state index in [1.807, 2.05) is 37.3 Å². The van der Waals surface area contributed by atoms with Crippen LogP contribution in [0.5, 0.6) is 5.75 Å². The van der Waals surface area contributed by atoms with Crippen LogP contribution in [-0.2, 0) is 4.74 Å². The molecule has 3 rings (SSSR count). The van der Waals surface area contributed by atoms with Crippen LogP contribution in [0.4, 0.5) is 17.5 Å². The third kappa shape index (κ3) is 5.30. The van der Waals surface area contributed by atoms with Crippen LogP contribution in [0.3, 0.4) is 0 Å². The van der Waals surface area contributed by atoms with Gasteiger partial charge >= 0.3 is 0 Å². The van der Waals surface area contributed by atoms with Gasteiger partial charge in [0.25, 0.3) is 0 Å². The van der Waals surface area contributed by atoms with Crippen molar-refractivity contribution < 1.29 is 9.47 Å². The van der Waals surface area contributed by atoms with Gasteiger partial charge in [-0.25, -0.2) is 4.98 Å². The van der Waals surface area contributed by atoms with Gasteiger partial charge in [0.05, 0.1) is 20.3 Å². The van der Waals surface area contributed by atoms with Gasteiger partial charge in [0.15, 0.2) is 0 Å². The Morgan fingerprint density at radius 1 is 1.20 bits per heavy atom. The van der Waals surface area contributed by atoms with E-state index >= 15 is 0 Å². The molecule has 0 aliphatic carbocycles. The fourth-order valence-corrected chi connectivity index (χ4v) is 2.71. The molecule has 25 heavy (non-hydrogen) atoms. The van der Waals surface area contributed by atoms with E-state index in [-0.39, 0.29) is 0 Å². The molecule has 1 aromatic carbocycles. The molecule has 1 aliphatic rings. The molecular formula is C18H25N5O2. The van der Waals surface area contributed by atoms with Crippen LogP contribution in [0.15, 0.2) is 30.3 Å². The molecular weight excluding hydrogens is 318 g/mol. The van der Waals surface area contributed by atoms with Crippen molar-refractivity contribution in [3.05, 3.63) is 36.0 Å². The molecule has 0 amide bonds. The lowest BCUT2D eigenvalue weighted by Gasteiger charge is -2.26. The van der Waals surface area contributed by atoms with E-state index in [0.29, 0.717) is 5.95 Å². The first-order valence-corrected chi connectivity index (χ1v) is 8.54. The highest BCUT2D eigenvalue weighted by molar-refractivity contribution is 5.57. The summed E-state index contributed by atoms with van der Waals surface area (Å²) in [6.07, 6.45) is 0. The Balaban J connectivity index is 1.59. The summed E-state index contributed by atoms with van der Waals surface area (Å²) in [7, 11) is 1.65. The number of aromatic nitrogens is 2. The van der Waals surface area contributed by atoms with Crippen LogP contribution in [0.2, 0.25) is 0 Å². The second-order valence-electron chi connectivity index (χ2n) is 5.96. The maximum atomic E-state index is 5.37. The minimum absolute atomic E-state index is 0.571. The van der Waals surface area contributed by atoms with E-state index in [9.17, 15) is 0 Å². The molecule has 1 aromatic heterocycles. The van der Waals surface area contributed by atoms with Crippen molar-refractivity contribution in [3.63, 3.8) is 0 Å². The van der Waals surface area contributed by atoms with Crippen LogP contribution in [0, 0.1) is 6.92 Å². The molecule has 134 valence electrons. The smallest absolute Gasteiger partial charge is 0.229 e. The summed E-state index contributed by atoms with van der Waals surface area (Å²) in [4.78, 5) is 11.4. The zero-order chi connectivity index (χ0) is 17.5. The Hall–Kier alpha value is -2.38. The van der Waals surface area contributed by atoms with E-state index in [1.54, 1.807) is 7.11 Å². The van der Waals surface area contributed by atoms with Gasteiger partial charge in [-0.3, -0.25) is 4.90 Å². The van der Waals surface area contributed by atoms with Gasteiger partial charge in [0.2, 0.25) is 5.95 Å². The van der Waals surface area contributed by atoms with Crippen molar-refractivity contribution >= 4 is 17.5 Å². The van der Waals surface area contributed by atoms with Gasteiger partial charge in [-0.1, -0.05) is 6.07 Å². The molecule has 0 atom stereocenters. The van der Waals surface area contributed by atoms with Gasteiger partial charge < -0.3 is 20.1 Å². The second kappa shape index (κ2) is 8.64. The number of nitrogens with zero attached hydrogens (tertiary/aromatic N) is 3. The van der Waals surface area contributed by atoms with Crippen molar-refractivity contribution in [1.29, 1.82) is 0 Å². The summed E-state index contributed by atoms with van der Waals surface area (Å²) in [6, 6.07) is 9.66. The predicted octanol–water partition coefficient (Wildman–Crippen LogP) is 2.28. The number of nitrogens with one attached hydrogen (secondary N) is 2. The molecule has 7 nitrogen and oxygen atoms in total. The predicted molar refractivity (Wildman–Crippen MR) is 98.8 cm³/mol. The van der Waals surface area contributed by atoms with Gasteiger partial charge in [-0.15, -0.1) is 0 Å². The van der Waals surface area contributed by atoms with Crippen molar-refractivity contribution in [2.45, 2.75) is 6.92 Å². The Kier molecular flexibility index (Phi) is 6.03. The maximum absolute atomic E-state index is 5.37. The number of hydrogen-bond donors (Lipinski definition) is 2. The molecule has 0 unspecified atom stereocenters. The van der Waals surface area contributed by atoms with E-state index in [4.69, 9.17) is 9.47 Å². The van der Waals surface area contributed by atoms with Crippen molar-refractivity contribution in [1.82, 2.24) is 14.9 Å². The zero-order valence-corrected chi connectivity index (χ0v) is 14.8. The fourth-order valence-electron chi connectivity index (χ4n) is 2.71. The van der Waals surface area contributed by atoms with Crippen LogP contribution in [0.25, 0.3) is 0 Å². The first-order valence-electron chi connectivity index (χ1n) is 8.54. The van der Waals surface area contributed by atoms with Crippen LogP contribution < -0.4 is 15.4 Å². The summed E-state index contributed by atoms with van der Waals surface area (Å²) >= 11 is 0. The lowest BCUT2D eigenvalue weighted by molar-refractivity contribution is 0.0398. The maximum Gasteiger partial charge on any atom is 0.229 e. The Morgan fingerprint density at radius 2 is 2.04 bits per heavy atom. The van der Waals surface area contributed by atoms with Crippen LogP contribution >= 0.6 is 0 Å². The normalized spacial score (nSPS) is 15.0. The number of rotatable bonds is 7. The molecule has 0 saturated carbocycles. The highest BCUT2D eigenvalue weighted by atomic mass is 16.5. The lowest BCUT2D eigenvalue weighted by Crippen LogP contribution is -2.39. The molecule has 1 saturated heterocycles. The summed E-state index contributed by atoms with van der Waals surface area (Å²) in [5.74, 6) is 2.19. The van der Waals surface area contributed by atoms with Crippen molar-refractivity contribution in [2.24, 2.45) is 0 Å². The van der Waals surface area contributed by atoms with E-state index in [1.165, 1.54) is 0 Å². The molecule has 7 heteroatoms. The van der Waals surface area contributed by atoms with Gasteiger partial charge in [0.1, 0.15) is 11.6 Å². The van der Waals surface area contributed by atoms with Crippen molar-refractivity contribution in [3.8, 4) is 5.75 Å². The minimum Gasteiger partial charge on any atom is -0.497 e. The summed E-state index contributed by atoms with van der Waals surface area (Å²) < 4.78 is 10.6. The summed E-state index contributed by atoms with van der Waals surface area (Å²) in [5, 5.41) is 6.61. The average Bonchev–Trinajstić information content (AvgIpc) is 2.62. The van der Waals surface area contributed by atoms with Gasteiger partial charge in [0, 0.05) is 49.7 Å². The zero-order valence-electron chi connectivity index (χ0n) is 14.8. The number of aryl methyl sites for hydroxylation is 1. The molecule has 2 heterocycles. The summed E-state index contributed by atoms with van der Waals surface area (Å²) in [5.41, 5.74) is 1.80. The average molecular weight is 343 g/mol. The standard InChI is InChI=1S/C18H25N5O2/c1-14-12-17(19-6-7-23-8-10-25-11-9-23)22-18(20-14)21-15-4-3-5-16(13-15)24-2/h3-5,12-13H,6-11H2,1-2H3,(H2,19,20,21,22). The molecule has 0 bridgehead atoms. The fraction of sp³-hybridized carbons (Fsp3) is 0.444. The van der Waals surface area contributed by atoms with Crippen molar-refractivity contribution in [2.75, 3.05) is 57.1 Å². The summed E-state index contributed by atoms with van der Waals surface area (Å²) in [6.45, 7) is 7.41. The van der Waals surface area contributed by atoms with E-state index in [2.05, 4.69) is 25.5 Å². The third-order valence-corrected chi connectivity index (χ3v) is 4.02. The topological polar surface area (TPSA) is 71.5 Å². The van der Waals surface area contributed by atoms with Gasteiger partial charge in [-0.2, -0.15) is 4.98 Å².